The molecule has 2 nitrogen and oxygen atoms in total. The van der Waals surface area contributed by atoms with Crippen molar-refractivity contribution in [3.05, 3.63) is 65.4 Å². The van der Waals surface area contributed by atoms with E-state index in [4.69, 9.17) is 4.74 Å². The minimum Gasteiger partial charge on any atom is -0.455 e. The molecule has 4 aromatic rings. The summed E-state index contributed by atoms with van der Waals surface area (Å²) in [6.07, 6.45) is 8.90. The molecule has 0 spiro atoms. The molecule has 0 N–H and O–H groups in total. The van der Waals surface area contributed by atoms with Crippen LogP contribution in [0.1, 0.15) is 42.4 Å². The first-order valence-corrected chi connectivity index (χ1v) is 11.3. The van der Waals surface area contributed by atoms with Gasteiger partial charge in [0.05, 0.1) is 10.9 Å². The van der Waals surface area contributed by atoms with Gasteiger partial charge in [-0.1, -0.05) is 56.0 Å². The standard InChI is InChI=1S/C28H28NO/c1-17-22-10-6-7-11-23(22)18(2)28-25(17)27-26-21(12-13-29(27)3)15-20(16-24(26)30-28)14-19-8-4-5-9-19/h6-7,10-13,15-16,19H,4-5,8-9,14H2,1-3H3/q+1. The number of aromatic nitrogens is 1. The highest BCUT2D eigenvalue weighted by Crippen LogP contribution is 2.50. The molecule has 6 rings (SSSR count). The maximum atomic E-state index is 6.72. The molecule has 150 valence electrons. The number of nitrogens with zero attached hydrogens (tertiary/aromatic N) is 1. The SMILES string of the molecule is Cc1c2c(c(C)c3ccccc13)-c1c3c(cc(CC4CCCC4)cc3cc[n+]1C)O2. The fraction of sp³-hybridized carbons (Fsp3) is 0.321. The fourth-order valence-corrected chi connectivity index (χ4v) is 5.85. The van der Waals surface area contributed by atoms with Crippen LogP contribution in [-0.4, -0.2) is 0 Å². The van der Waals surface area contributed by atoms with Crippen LogP contribution in [0.2, 0.25) is 0 Å². The van der Waals surface area contributed by atoms with E-state index in [1.807, 2.05) is 0 Å². The van der Waals surface area contributed by atoms with Crippen molar-refractivity contribution in [2.24, 2.45) is 13.0 Å². The molecular formula is C28H28NO+. The number of aryl methyl sites for hydroxylation is 3. The maximum absolute atomic E-state index is 6.72. The molecule has 0 radical (unpaired) electrons. The average molecular weight is 395 g/mol. The summed E-state index contributed by atoms with van der Waals surface area (Å²) < 4.78 is 8.98. The summed E-state index contributed by atoms with van der Waals surface area (Å²) in [5.74, 6) is 2.88. The van der Waals surface area contributed by atoms with Crippen molar-refractivity contribution < 1.29 is 9.30 Å². The number of hydrogen-bond donors (Lipinski definition) is 0. The highest BCUT2D eigenvalue weighted by Gasteiger charge is 2.32. The van der Waals surface area contributed by atoms with Gasteiger partial charge in [-0.15, -0.1) is 0 Å². The zero-order chi connectivity index (χ0) is 20.4. The third kappa shape index (κ3) is 2.52. The Morgan fingerprint density at radius 1 is 0.967 bits per heavy atom. The van der Waals surface area contributed by atoms with Crippen LogP contribution in [0.4, 0.5) is 0 Å². The van der Waals surface area contributed by atoms with Gasteiger partial charge in [0.15, 0.2) is 6.20 Å². The molecule has 0 unspecified atom stereocenters. The zero-order valence-electron chi connectivity index (χ0n) is 18.1. The van der Waals surface area contributed by atoms with E-state index in [9.17, 15) is 0 Å². The van der Waals surface area contributed by atoms with Crippen molar-refractivity contribution in [2.75, 3.05) is 0 Å². The third-order valence-electron chi connectivity index (χ3n) is 7.39. The first-order valence-electron chi connectivity index (χ1n) is 11.3. The lowest BCUT2D eigenvalue weighted by atomic mass is 9.88. The van der Waals surface area contributed by atoms with Crippen molar-refractivity contribution in [1.29, 1.82) is 0 Å². The third-order valence-corrected chi connectivity index (χ3v) is 7.39. The van der Waals surface area contributed by atoms with Crippen LogP contribution in [-0.2, 0) is 13.5 Å². The Labute approximate surface area is 178 Å². The molecule has 1 aromatic heterocycles. The second-order valence-corrected chi connectivity index (χ2v) is 9.29. The summed E-state index contributed by atoms with van der Waals surface area (Å²) in [5.41, 5.74) is 6.48. The Morgan fingerprint density at radius 2 is 1.70 bits per heavy atom. The van der Waals surface area contributed by atoms with Crippen molar-refractivity contribution in [3.63, 3.8) is 0 Å². The Morgan fingerprint density at radius 3 is 2.47 bits per heavy atom. The van der Waals surface area contributed by atoms with Gasteiger partial charge in [-0.3, -0.25) is 0 Å². The largest absolute Gasteiger partial charge is 0.455 e. The monoisotopic (exact) mass is 394 g/mol. The van der Waals surface area contributed by atoms with Crippen LogP contribution in [0.15, 0.2) is 48.7 Å². The highest BCUT2D eigenvalue weighted by atomic mass is 16.5. The van der Waals surface area contributed by atoms with E-state index in [2.05, 4.69) is 74.1 Å². The second kappa shape index (κ2) is 6.57. The van der Waals surface area contributed by atoms with E-state index in [1.54, 1.807) is 0 Å². The molecular weight excluding hydrogens is 366 g/mol. The molecule has 2 heterocycles. The van der Waals surface area contributed by atoms with Crippen LogP contribution >= 0.6 is 0 Å². The van der Waals surface area contributed by atoms with Gasteiger partial charge < -0.3 is 4.74 Å². The van der Waals surface area contributed by atoms with E-state index in [-0.39, 0.29) is 0 Å². The van der Waals surface area contributed by atoms with Crippen molar-refractivity contribution in [3.8, 4) is 22.8 Å². The van der Waals surface area contributed by atoms with Crippen LogP contribution in [0, 0.1) is 19.8 Å². The summed E-state index contributed by atoms with van der Waals surface area (Å²) >= 11 is 0. The molecule has 0 amide bonds. The normalized spacial score (nSPS) is 15.6. The van der Waals surface area contributed by atoms with Crippen LogP contribution in [0.3, 0.4) is 0 Å². The fourth-order valence-electron chi connectivity index (χ4n) is 5.85. The van der Waals surface area contributed by atoms with E-state index >= 15 is 0 Å². The van der Waals surface area contributed by atoms with Crippen LogP contribution in [0.5, 0.6) is 11.5 Å². The molecule has 1 aliphatic heterocycles. The van der Waals surface area contributed by atoms with Gasteiger partial charge in [-0.05, 0) is 59.5 Å². The van der Waals surface area contributed by atoms with E-state index in [0.717, 1.165) is 17.4 Å². The summed E-state index contributed by atoms with van der Waals surface area (Å²) in [6, 6.07) is 15.7. The van der Waals surface area contributed by atoms with E-state index in [1.165, 1.54) is 81.6 Å². The second-order valence-electron chi connectivity index (χ2n) is 9.29. The van der Waals surface area contributed by atoms with E-state index < -0.39 is 0 Å². The summed E-state index contributed by atoms with van der Waals surface area (Å²) in [6.45, 7) is 4.44. The minimum absolute atomic E-state index is 0.831. The number of benzene rings is 3. The molecule has 0 bridgehead atoms. The number of pyridine rings is 1. The Hall–Kier alpha value is -2.87. The predicted molar refractivity (Wildman–Crippen MR) is 123 cm³/mol. The molecule has 1 aliphatic carbocycles. The van der Waals surface area contributed by atoms with Crippen molar-refractivity contribution in [2.45, 2.75) is 46.0 Å². The smallest absolute Gasteiger partial charge is 0.228 e. The summed E-state index contributed by atoms with van der Waals surface area (Å²) in [5, 5.41) is 5.15. The van der Waals surface area contributed by atoms with Gasteiger partial charge in [0.2, 0.25) is 5.69 Å². The first kappa shape index (κ1) is 17.9. The minimum atomic E-state index is 0.831. The van der Waals surface area contributed by atoms with Crippen molar-refractivity contribution >= 4 is 21.5 Å². The predicted octanol–water partition coefficient (Wildman–Crippen LogP) is 6.94. The lowest BCUT2D eigenvalue weighted by molar-refractivity contribution is -0.659. The van der Waals surface area contributed by atoms with Crippen LogP contribution < -0.4 is 9.30 Å². The van der Waals surface area contributed by atoms with Crippen molar-refractivity contribution in [1.82, 2.24) is 0 Å². The van der Waals surface area contributed by atoms with Gasteiger partial charge in [-0.25, -0.2) is 4.57 Å². The molecule has 3 aromatic carbocycles. The quantitative estimate of drug-likeness (QED) is 0.296. The molecule has 30 heavy (non-hydrogen) atoms. The van der Waals surface area contributed by atoms with Gasteiger partial charge >= 0.3 is 0 Å². The van der Waals surface area contributed by atoms with Gasteiger partial charge in [-0.2, -0.15) is 0 Å². The van der Waals surface area contributed by atoms with Crippen LogP contribution in [0.25, 0.3) is 32.8 Å². The molecule has 0 saturated heterocycles. The molecule has 2 aliphatic rings. The number of rotatable bonds is 2. The van der Waals surface area contributed by atoms with Gasteiger partial charge in [0.1, 0.15) is 18.5 Å². The summed E-state index contributed by atoms with van der Waals surface area (Å²) in [4.78, 5) is 0. The molecule has 1 saturated carbocycles. The van der Waals surface area contributed by atoms with Gasteiger partial charge in [0.25, 0.3) is 0 Å². The lowest BCUT2D eigenvalue weighted by Gasteiger charge is -2.24. The molecule has 0 atom stereocenters. The topological polar surface area (TPSA) is 13.1 Å². The Bertz CT molecular complexity index is 1330. The summed E-state index contributed by atoms with van der Waals surface area (Å²) in [7, 11) is 2.16. The highest BCUT2D eigenvalue weighted by molar-refractivity contribution is 6.06. The Kier molecular flexibility index (Phi) is 3.93. The average Bonchev–Trinajstić information content (AvgIpc) is 3.27. The number of hydrogen-bond acceptors (Lipinski definition) is 1. The molecule has 2 heteroatoms. The Balaban J connectivity index is 1.64. The lowest BCUT2D eigenvalue weighted by Crippen LogP contribution is -2.32. The number of ether oxygens (including phenoxy) is 1. The van der Waals surface area contributed by atoms with E-state index in [0.29, 0.717) is 0 Å². The molecule has 1 fully saturated rings. The van der Waals surface area contributed by atoms with Gasteiger partial charge in [0, 0.05) is 11.6 Å². The number of fused-ring (bicyclic) bond motifs is 3. The zero-order valence-corrected chi connectivity index (χ0v) is 18.1. The first-order chi connectivity index (χ1) is 14.6. The maximum Gasteiger partial charge on any atom is 0.228 e.